The van der Waals surface area contributed by atoms with Gasteiger partial charge in [-0.15, -0.1) is 0 Å². The molecular weight excluding hydrogens is 491 g/mol. The number of ether oxygens (including phenoxy) is 3. The van der Waals surface area contributed by atoms with Gasteiger partial charge in [0.2, 0.25) is 17.7 Å². The van der Waals surface area contributed by atoms with Crippen LogP contribution in [0.5, 0.6) is 5.88 Å². The largest absolute Gasteiger partial charge is 0.468 e. The zero-order valence-corrected chi connectivity index (χ0v) is 21.2. The third-order valence-electron chi connectivity index (χ3n) is 5.91. The van der Waals surface area contributed by atoms with E-state index < -0.39 is 24.5 Å². The molecule has 2 aliphatic heterocycles. The van der Waals surface area contributed by atoms with Crippen LogP contribution in [0.4, 0.5) is 27.4 Å². The van der Waals surface area contributed by atoms with Crippen LogP contribution in [0.1, 0.15) is 0 Å². The third-order valence-corrected chi connectivity index (χ3v) is 6.17. The Kier molecular flexibility index (Phi) is 8.24. The number of carbonyl (C=O) groups excluding carboxylic acids is 1. The Bertz CT molecular complexity index is 1110. The van der Waals surface area contributed by atoms with Crippen LogP contribution in [-0.2, 0) is 14.3 Å². The number of hydrogen-bond donors (Lipinski definition) is 2. The van der Waals surface area contributed by atoms with Crippen LogP contribution in [0.2, 0.25) is 5.02 Å². The van der Waals surface area contributed by atoms with Gasteiger partial charge >= 0.3 is 0 Å². The molecule has 2 fully saturated rings. The average molecular weight is 521 g/mol. The van der Waals surface area contributed by atoms with E-state index in [1.165, 1.54) is 12.3 Å². The van der Waals surface area contributed by atoms with Gasteiger partial charge in [0.25, 0.3) is 0 Å². The van der Waals surface area contributed by atoms with Crippen molar-refractivity contribution in [1.29, 1.82) is 0 Å². The zero-order valence-electron chi connectivity index (χ0n) is 20.4. The van der Waals surface area contributed by atoms with Crippen molar-refractivity contribution < 1.29 is 23.4 Å². The van der Waals surface area contributed by atoms with Gasteiger partial charge in [0.1, 0.15) is 17.2 Å². The van der Waals surface area contributed by atoms with Crippen LogP contribution >= 0.6 is 11.6 Å². The van der Waals surface area contributed by atoms with Gasteiger partial charge in [-0.1, -0.05) is 18.2 Å². The Morgan fingerprint density at radius 3 is 2.81 bits per heavy atom. The monoisotopic (exact) mass is 520 g/mol. The molecule has 0 bridgehead atoms. The van der Waals surface area contributed by atoms with Gasteiger partial charge in [-0.3, -0.25) is 4.79 Å². The molecule has 0 saturated carbocycles. The van der Waals surface area contributed by atoms with Crippen molar-refractivity contribution in [3.8, 4) is 5.88 Å². The van der Waals surface area contributed by atoms with E-state index >= 15 is 0 Å². The number of nitrogens with zero attached hydrogens (tertiary/aromatic N) is 4. The summed E-state index contributed by atoms with van der Waals surface area (Å²) in [6.45, 7) is 5.29. The summed E-state index contributed by atoms with van der Waals surface area (Å²) < 4.78 is 30.7. The summed E-state index contributed by atoms with van der Waals surface area (Å²) in [6, 6.07) is 5.53. The lowest BCUT2D eigenvalue weighted by Crippen LogP contribution is -2.34. The molecule has 12 heteroatoms. The number of likely N-dealkylation sites (N-methyl/N-ethyl adjacent to an activating group) is 2. The smallest absolute Gasteiger partial charge is 0.247 e. The molecule has 0 spiro atoms. The number of aromatic nitrogens is 2. The van der Waals surface area contributed by atoms with Gasteiger partial charge in [0.15, 0.2) is 12.3 Å². The molecule has 1 aromatic carbocycles. The number of nitrogens with one attached hydrogen (secondary N) is 2. The van der Waals surface area contributed by atoms with E-state index in [1.807, 2.05) is 33.3 Å². The minimum absolute atomic E-state index is 0.0233. The second kappa shape index (κ2) is 11.4. The van der Waals surface area contributed by atoms with Crippen molar-refractivity contribution in [1.82, 2.24) is 14.9 Å². The Balaban J connectivity index is 1.51. The molecule has 4 atom stereocenters. The van der Waals surface area contributed by atoms with Crippen molar-refractivity contribution in [2.45, 2.75) is 24.5 Å². The number of amides is 1. The lowest BCUT2D eigenvalue weighted by atomic mass is 10.1. The first-order valence-corrected chi connectivity index (χ1v) is 11.9. The lowest BCUT2D eigenvalue weighted by Gasteiger charge is -2.24. The Morgan fingerprint density at radius 2 is 2.06 bits per heavy atom. The van der Waals surface area contributed by atoms with E-state index in [4.69, 9.17) is 25.8 Å². The molecule has 1 amide bonds. The maximum Gasteiger partial charge on any atom is 0.247 e. The molecule has 36 heavy (non-hydrogen) atoms. The van der Waals surface area contributed by atoms with Crippen molar-refractivity contribution >= 4 is 40.5 Å². The van der Waals surface area contributed by atoms with Crippen molar-refractivity contribution in [3.05, 3.63) is 42.1 Å². The number of alkyl halides is 1. The number of hydrogen-bond acceptors (Lipinski definition) is 9. The number of fused-ring (bicyclic) bond motifs is 1. The number of rotatable bonds is 10. The summed E-state index contributed by atoms with van der Waals surface area (Å²) in [5.74, 6) is 0.0411. The number of halogens is 2. The summed E-state index contributed by atoms with van der Waals surface area (Å²) in [5, 5.41) is 6.17. The summed E-state index contributed by atoms with van der Waals surface area (Å²) in [6.07, 6.45) is -0.249. The minimum Gasteiger partial charge on any atom is -0.468 e. The first kappa shape index (κ1) is 26.1. The summed E-state index contributed by atoms with van der Waals surface area (Å²) in [5.41, 5.74) is 2.08. The van der Waals surface area contributed by atoms with Gasteiger partial charge in [0, 0.05) is 25.8 Å². The van der Waals surface area contributed by atoms with Crippen LogP contribution in [0.3, 0.4) is 0 Å². The van der Waals surface area contributed by atoms with Gasteiger partial charge in [-0.05, 0) is 38.4 Å². The highest BCUT2D eigenvalue weighted by molar-refractivity contribution is 6.31. The molecule has 0 unspecified atom stereocenters. The molecule has 3 heterocycles. The highest BCUT2D eigenvalue weighted by atomic mass is 35.5. The second-order valence-electron chi connectivity index (χ2n) is 8.89. The van der Waals surface area contributed by atoms with Crippen LogP contribution < -0.4 is 20.3 Å². The molecule has 0 aliphatic carbocycles. The quantitative estimate of drug-likeness (QED) is 0.458. The molecule has 2 saturated heterocycles. The summed E-state index contributed by atoms with van der Waals surface area (Å²) >= 11 is 6.26. The molecule has 2 aliphatic rings. The number of carbonyl (C=O) groups is 1. The van der Waals surface area contributed by atoms with Gasteiger partial charge in [-0.2, -0.15) is 4.98 Å². The zero-order chi connectivity index (χ0) is 25.8. The third kappa shape index (κ3) is 6.04. The van der Waals surface area contributed by atoms with E-state index in [9.17, 15) is 9.18 Å². The summed E-state index contributed by atoms with van der Waals surface area (Å²) in [4.78, 5) is 24.8. The summed E-state index contributed by atoms with van der Waals surface area (Å²) in [7, 11) is 5.96. The highest BCUT2D eigenvalue weighted by Gasteiger charge is 2.49. The predicted octanol–water partition coefficient (Wildman–Crippen LogP) is 2.88. The Morgan fingerprint density at radius 1 is 1.28 bits per heavy atom. The molecule has 2 aromatic rings. The molecule has 194 valence electrons. The standard InChI is InChI=1S/C24H30ClFN6O4/c1-5-20(33)29-17-10-14(6-7-18(17)32(4)9-8-31(2)3)28-24-27-11-15(25)23(30-24)36-19-13-35-21-16(26)12-34-22(19)21/h5-7,10-11,16,19,21-22H,1,8-9,12-13H2,2-4H3,(H,29,33)(H,27,28,30)/t16-,19-,21-,22-/m1/s1. The minimum atomic E-state index is -1.18. The number of benzene rings is 1. The van der Waals surface area contributed by atoms with Crippen molar-refractivity contribution in [2.75, 3.05) is 63.0 Å². The Hall–Kier alpha value is -2.99. The van der Waals surface area contributed by atoms with Crippen LogP contribution in [0.25, 0.3) is 0 Å². The normalized spacial score (nSPS) is 22.8. The maximum atomic E-state index is 13.9. The van der Waals surface area contributed by atoms with E-state index in [1.54, 1.807) is 6.07 Å². The fourth-order valence-electron chi connectivity index (χ4n) is 3.99. The van der Waals surface area contributed by atoms with Gasteiger partial charge < -0.3 is 34.6 Å². The SMILES string of the molecule is C=CC(=O)Nc1cc(Nc2ncc(Cl)c(O[C@@H]3CO[C@H]4[C@@H]3OC[C@H]4F)n2)ccc1N(C)CCN(C)C. The first-order valence-electron chi connectivity index (χ1n) is 11.5. The first-order chi connectivity index (χ1) is 17.2. The second-order valence-corrected chi connectivity index (χ2v) is 9.30. The Labute approximate surface area is 214 Å². The van der Waals surface area contributed by atoms with E-state index in [0.29, 0.717) is 11.4 Å². The molecule has 4 rings (SSSR count). The van der Waals surface area contributed by atoms with Crippen LogP contribution in [0, 0.1) is 0 Å². The van der Waals surface area contributed by atoms with Crippen LogP contribution in [-0.4, -0.2) is 92.7 Å². The molecule has 10 nitrogen and oxygen atoms in total. The van der Waals surface area contributed by atoms with E-state index in [2.05, 4.69) is 37.0 Å². The van der Waals surface area contributed by atoms with Gasteiger partial charge in [0.05, 0.1) is 30.8 Å². The van der Waals surface area contributed by atoms with Gasteiger partial charge in [-0.25, -0.2) is 9.37 Å². The topological polar surface area (TPSA) is 101 Å². The molecule has 2 N–H and O–H groups in total. The van der Waals surface area contributed by atoms with Crippen molar-refractivity contribution in [2.24, 2.45) is 0 Å². The van der Waals surface area contributed by atoms with E-state index in [0.717, 1.165) is 18.8 Å². The lowest BCUT2D eigenvalue weighted by molar-refractivity contribution is -0.111. The molecular formula is C24H30ClFN6O4. The van der Waals surface area contributed by atoms with E-state index in [-0.39, 0.29) is 36.0 Å². The maximum absolute atomic E-state index is 13.9. The van der Waals surface area contributed by atoms with Crippen LogP contribution in [0.15, 0.2) is 37.1 Å². The predicted molar refractivity (Wildman–Crippen MR) is 136 cm³/mol. The molecule has 0 radical (unpaired) electrons. The number of anilines is 4. The average Bonchev–Trinajstić information content (AvgIpc) is 3.42. The fraction of sp³-hybridized carbons (Fsp3) is 0.458. The van der Waals surface area contributed by atoms with Crippen molar-refractivity contribution in [3.63, 3.8) is 0 Å². The highest BCUT2D eigenvalue weighted by Crippen LogP contribution is 2.34. The fourth-order valence-corrected chi connectivity index (χ4v) is 4.12. The molecule has 1 aromatic heterocycles.